The van der Waals surface area contributed by atoms with Crippen LogP contribution in [0.1, 0.15) is 40.5 Å². The summed E-state index contributed by atoms with van der Waals surface area (Å²) in [5.41, 5.74) is -0.272. The van der Waals surface area contributed by atoms with Crippen LogP contribution >= 0.6 is 11.8 Å². The lowest BCUT2D eigenvalue weighted by Crippen LogP contribution is -2.55. The highest BCUT2D eigenvalue weighted by Crippen LogP contribution is 2.33. The van der Waals surface area contributed by atoms with E-state index in [1.165, 1.54) is 4.90 Å². The number of carboxylic acids is 1. The average Bonchev–Trinajstić information content (AvgIpc) is 2.80. The van der Waals surface area contributed by atoms with Gasteiger partial charge in [-0.3, -0.25) is 4.90 Å². The molecule has 1 aliphatic heterocycles. The first-order valence-corrected chi connectivity index (χ1v) is 7.71. The molecule has 0 aliphatic carbocycles. The monoisotopic (exact) mass is 288 g/mol. The van der Waals surface area contributed by atoms with Gasteiger partial charge in [0.2, 0.25) is 0 Å². The highest BCUT2D eigenvalue weighted by Gasteiger charge is 2.43. The summed E-state index contributed by atoms with van der Waals surface area (Å²) >= 11 is 1.55. The van der Waals surface area contributed by atoms with Crippen LogP contribution in [-0.2, 0) is 4.79 Å². The van der Waals surface area contributed by atoms with E-state index in [9.17, 15) is 14.7 Å². The lowest BCUT2D eigenvalue weighted by molar-refractivity contribution is -0.141. The quantitative estimate of drug-likeness (QED) is 0.863. The molecule has 1 saturated heterocycles. The van der Waals surface area contributed by atoms with Crippen LogP contribution in [0.3, 0.4) is 0 Å². The third-order valence-electron chi connectivity index (χ3n) is 4.01. The van der Waals surface area contributed by atoms with Gasteiger partial charge in [-0.1, -0.05) is 13.8 Å². The number of urea groups is 1. The van der Waals surface area contributed by atoms with Crippen molar-refractivity contribution in [3.63, 3.8) is 0 Å². The van der Waals surface area contributed by atoms with Crippen molar-refractivity contribution in [3.8, 4) is 0 Å². The van der Waals surface area contributed by atoms with E-state index in [4.69, 9.17) is 0 Å². The van der Waals surface area contributed by atoms with Gasteiger partial charge >= 0.3 is 12.0 Å². The summed E-state index contributed by atoms with van der Waals surface area (Å²) in [6, 6.07) is -0.895. The molecule has 0 aromatic heterocycles. The van der Waals surface area contributed by atoms with Crippen molar-refractivity contribution in [2.45, 2.75) is 57.5 Å². The molecule has 0 bridgehead atoms. The molecular formula is C13H24N2O3S. The fraction of sp³-hybridized carbons (Fsp3) is 0.846. The summed E-state index contributed by atoms with van der Waals surface area (Å²) < 4.78 is 0. The molecule has 1 heterocycles. The van der Waals surface area contributed by atoms with Crippen molar-refractivity contribution in [1.82, 2.24) is 9.80 Å². The minimum atomic E-state index is -0.917. The number of carbonyl (C=O) groups excluding carboxylic acids is 1. The second kappa shape index (κ2) is 6.03. The Morgan fingerprint density at radius 2 is 2.00 bits per heavy atom. The molecule has 2 atom stereocenters. The first-order chi connectivity index (χ1) is 8.76. The smallest absolute Gasteiger partial charge is 0.327 e. The molecule has 0 aromatic carbocycles. The highest BCUT2D eigenvalue weighted by atomic mass is 32.2. The number of hydrogen-bond donors (Lipinski definition) is 1. The average molecular weight is 288 g/mol. The first-order valence-electron chi connectivity index (χ1n) is 6.66. The predicted octanol–water partition coefficient (Wildman–Crippen LogP) is 2.46. The maximum Gasteiger partial charge on any atom is 0.327 e. The summed E-state index contributed by atoms with van der Waals surface area (Å²) in [6.07, 6.45) is 1.59. The number of nitrogens with zero attached hydrogens (tertiary/aromatic N) is 2. The Bertz CT molecular complexity index is 360. The second-order valence-corrected chi connectivity index (χ2v) is 6.68. The van der Waals surface area contributed by atoms with Crippen LogP contribution in [0.2, 0.25) is 0 Å². The molecule has 110 valence electrons. The zero-order chi connectivity index (χ0) is 14.8. The van der Waals surface area contributed by atoms with E-state index in [2.05, 4.69) is 0 Å². The number of carboxylic acid groups (broad SMARTS) is 1. The maximum atomic E-state index is 12.6. The Kier molecular flexibility index (Phi) is 5.12. The molecule has 6 heteroatoms. The van der Waals surface area contributed by atoms with Crippen molar-refractivity contribution in [3.05, 3.63) is 0 Å². The normalized spacial score (nSPS) is 23.5. The number of rotatable bonds is 4. The highest BCUT2D eigenvalue weighted by molar-refractivity contribution is 8.00. The molecule has 1 aliphatic rings. The van der Waals surface area contributed by atoms with Crippen LogP contribution in [0, 0.1) is 0 Å². The molecule has 1 N–H and O–H groups in total. The summed E-state index contributed by atoms with van der Waals surface area (Å²) in [5, 5.41) is 9.22. The standard InChI is InChI=1S/C13H24N2O3S/c1-6-10-15(9(8-19-10)11(16)17)12(18)14(5)13(3,4)7-2/h9-10H,6-8H2,1-5H3,(H,16,17). The molecule has 5 nitrogen and oxygen atoms in total. The van der Waals surface area contributed by atoms with Crippen molar-refractivity contribution in [1.29, 1.82) is 0 Å². The van der Waals surface area contributed by atoms with Gasteiger partial charge < -0.3 is 10.0 Å². The van der Waals surface area contributed by atoms with E-state index in [-0.39, 0.29) is 16.9 Å². The van der Waals surface area contributed by atoms with E-state index in [1.54, 1.807) is 23.7 Å². The molecular weight excluding hydrogens is 264 g/mol. The number of amides is 2. The van der Waals surface area contributed by atoms with Gasteiger partial charge in [0.1, 0.15) is 6.04 Å². The van der Waals surface area contributed by atoms with E-state index in [1.807, 2.05) is 27.7 Å². The molecule has 19 heavy (non-hydrogen) atoms. The van der Waals surface area contributed by atoms with Gasteiger partial charge in [0.25, 0.3) is 0 Å². The van der Waals surface area contributed by atoms with Crippen molar-refractivity contribution >= 4 is 23.8 Å². The van der Waals surface area contributed by atoms with Crippen LogP contribution in [-0.4, -0.2) is 56.7 Å². The fourth-order valence-corrected chi connectivity index (χ4v) is 3.34. The minimum Gasteiger partial charge on any atom is -0.480 e. The van der Waals surface area contributed by atoms with Crippen LogP contribution in [0.4, 0.5) is 4.79 Å². The first kappa shape index (κ1) is 16.1. The molecule has 1 fully saturated rings. The topological polar surface area (TPSA) is 60.9 Å². The van der Waals surface area contributed by atoms with Crippen LogP contribution in [0.25, 0.3) is 0 Å². The van der Waals surface area contributed by atoms with Gasteiger partial charge in [0, 0.05) is 18.3 Å². The molecule has 0 aromatic rings. The van der Waals surface area contributed by atoms with E-state index < -0.39 is 12.0 Å². The largest absolute Gasteiger partial charge is 0.480 e. The Morgan fingerprint density at radius 1 is 1.42 bits per heavy atom. The lowest BCUT2D eigenvalue weighted by atomic mass is 10.0. The molecule has 0 spiro atoms. The third-order valence-corrected chi connectivity index (χ3v) is 5.46. The zero-order valence-electron chi connectivity index (χ0n) is 12.3. The van der Waals surface area contributed by atoms with Gasteiger partial charge in [-0.15, -0.1) is 11.8 Å². The Morgan fingerprint density at radius 3 is 2.42 bits per heavy atom. The minimum absolute atomic E-state index is 0.0382. The Balaban J connectivity index is 2.96. The lowest BCUT2D eigenvalue weighted by Gasteiger charge is -2.39. The van der Waals surface area contributed by atoms with Gasteiger partial charge in [-0.2, -0.15) is 0 Å². The van der Waals surface area contributed by atoms with E-state index >= 15 is 0 Å². The summed E-state index contributed by atoms with van der Waals surface area (Å²) in [4.78, 5) is 27.1. The van der Waals surface area contributed by atoms with E-state index in [0.717, 1.165) is 12.8 Å². The van der Waals surface area contributed by atoms with Crippen molar-refractivity contribution in [2.75, 3.05) is 12.8 Å². The molecule has 2 amide bonds. The van der Waals surface area contributed by atoms with Crippen LogP contribution in [0.15, 0.2) is 0 Å². The maximum absolute atomic E-state index is 12.6. The van der Waals surface area contributed by atoms with Crippen molar-refractivity contribution in [2.24, 2.45) is 0 Å². The van der Waals surface area contributed by atoms with E-state index in [0.29, 0.717) is 5.75 Å². The number of hydrogen-bond acceptors (Lipinski definition) is 3. The van der Waals surface area contributed by atoms with Gasteiger partial charge in [0.05, 0.1) is 5.37 Å². The summed E-state index contributed by atoms with van der Waals surface area (Å²) in [7, 11) is 1.75. The number of carbonyl (C=O) groups is 2. The molecule has 1 rings (SSSR count). The predicted molar refractivity (Wildman–Crippen MR) is 77.3 cm³/mol. The molecule has 0 radical (unpaired) electrons. The SMILES string of the molecule is CCC1SCC(C(=O)O)N1C(=O)N(C)C(C)(C)CC. The van der Waals surface area contributed by atoms with Gasteiger partial charge in [-0.25, -0.2) is 9.59 Å². The van der Waals surface area contributed by atoms with Gasteiger partial charge in [-0.05, 0) is 26.7 Å². The zero-order valence-corrected chi connectivity index (χ0v) is 13.2. The summed E-state index contributed by atoms with van der Waals surface area (Å²) in [5.74, 6) is -0.445. The third kappa shape index (κ3) is 3.16. The van der Waals surface area contributed by atoms with Crippen LogP contribution < -0.4 is 0 Å². The fourth-order valence-electron chi connectivity index (χ4n) is 1.99. The number of thioether (sulfide) groups is 1. The second-order valence-electron chi connectivity index (χ2n) is 5.47. The molecule has 2 unspecified atom stereocenters. The Hall–Kier alpha value is -0.910. The van der Waals surface area contributed by atoms with Crippen molar-refractivity contribution < 1.29 is 14.7 Å². The number of aliphatic carboxylic acids is 1. The molecule has 0 saturated carbocycles. The van der Waals surface area contributed by atoms with Crippen LogP contribution in [0.5, 0.6) is 0 Å². The summed E-state index contributed by atoms with van der Waals surface area (Å²) in [6.45, 7) is 7.98. The van der Waals surface area contributed by atoms with Gasteiger partial charge in [0.15, 0.2) is 0 Å². The Labute approximate surface area is 119 Å².